The predicted molar refractivity (Wildman–Crippen MR) is 102 cm³/mol. The molecular weight excluding hydrogens is 344 g/mol. The second kappa shape index (κ2) is 7.15. The molecule has 6 nitrogen and oxygen atoms in total. The molecule has 3 aromatic rings. The van der Waals surface area contributed by atoms with Gasteiger partial charge in [0.25, 0.3) is 5.56 Å². The Morgan fingerprint density at radius 3 is 2.59 bits per heavy atom. The quantitative estimate of drug-likeness (QED) is 0.581. The Balaban J connectivity index is 1.80. The van der Waals surface area contributed by atoms with Gasteiger partial charge in [-0.3, -0.25) is 4.79 Å². The first-order valence-corrected chi connectivity index (χ1v) is 8.99. The van der Waals surface area contributed by atoms with Crippen molar-refractivity contribution in [3.05, 3.63) is 63.9 Å². The van der Waals surface area contributed by atoms with Crippen LogP contribution in [0.2, 0.25) is 0 Å². The summed E-state index contributed by atoms with van der Waals surface area (Å²) in [4.78, 5) is 20.1. The number of para-hydroxylation sites is 2. The van der Waals surface area contributed by atoms with Crippen LogP contribution < -0.4 is 19.8 Å². The van der Waals surface area contributed by atoms with E-state index in [2.05, 4.69) is 9.97 Å². The zero-order valence-electron chi connectivity index (χ0n) is 15.2. The third kappa shape index (κ3) is 3.14. The zero-order chi connectivity index (χ0) is 18.8. The fourth-order valence-electron chi connectivity index (χ4n) is 3.16. The second-order valence-electron chi connectivity index (χ2n) is 6.08. The summed E-state index contributed by atoms with van der Waals surface area (Å²) in [5, 5.41) is 0. The number of rotatable bonds is 5. The largest absolute Gasteiger partial charge is 0.493 e. The first-order valence-electron chi connectivity index (χ1n) is 8.99. The van der Waals surface area contributed by atoms with Crippen molar-refractivity contribution in [2.45, 2.75) is 20.3 Å². The average molecular weight is 364 g/mol. The summed E-state index contributed by atoms with van der Waals surface area (Å²) in [6.45, 7) is 4.88. The Labute approximate surface area is 156 Å². The molecule has 1 aliphatic rings. The van der Waals surface area contributed by atoms with Crippen LogP contribution in [-0.4, -0.2) is 23.2 Å². The molecule has 2 aromatic carbocycles. The summed E-state index contributed by atoms with van der Waals surface area (Å²) in [5.41, 5.74) is 1.91. The minimum absolute atomic E-state index is 0.214. The average Bonchev–Trinajstić information content (AvgIpc) is 2.68. The third-order valence-corrected chi connectivity index (χ3v) is 4.35. The molecular formula is C21H20N2O4. The highest BCUT2D eigenvalue weighted by Crippen LogP contribution is 2.41. The minimum atomic E-state index is -0.214. The molecule has 1 aromatic heterocycles. The van der Waals surface area contributed by atoms with Crippen LogP contribution in [0.5, 0.6) is 23.1 Å². The van der Waals surface area contributed by atoms with Gasteiger partial charge in [0, 0.05) is 12.0 Å². The molecule has 0 saturated heterocycles. The number of fused-ring (bicyclic) bond motifs is 2. The molecule has 0 radical (unpaired) electrons. The molecule has 0 fully saturated rings. The van der Waals surface area contributed by atoms with Crippen LogP contribution in [0.25, 0.3) is 11.4 Å². The summed E-state index contributed by atoms with van der Waals surface area (Å²) in [5.74, 6) is 2.65. The second-order valence-corrected chi connectivity index (χ2v) is 6.08. The molecule has 0 unspecified atom stereocenters. The molecule has 138 valence electrons. The maximum Gasteiger partial charge on any atom is 0.258 e. The molecule has 0 saturated carbocycles. The van der Waals surface area contributed by atoms with Crippen molar-refractivity contribution in [3.8, 4) is 34.5 Å². The van der Waals surface area contributed by atoms with E-state index in [1.807, 2.05) is 56.3 Å². The maximum absolute atomic E-state index is 12.7. The van der Waals surface area contributed by atoms with Crippen molar-refractivity contribution in [2.75, 3.05) is 13.2 Å². The van der Waals surface area contributed by atoms with Gasteiger partial charge in [0.05, 0.1) is 24.3 Å². The number of hydrogen-bond acceptors (Lipinski definition) is 5. The van der Waals surface area contributed by atoms with Crippen LogP contribution in [0.3, 0.4) is 0 Å². The highest BCUT2D eigenvalue weighted by molar-refractivity contribution is 5.65. The monoisotopic (exact) mass is 364 g/mol. The summed E-state index contributed by atoms with van der Waals surface area (Å²) in [6.07, 6.45) is 0.446. The van der Waals surface area contributed by atoms with Gasteiger partial charge in [-0.2, -0.15) is 4.98 Å². The van der Waals surface area contributed by atoms with Crippen LogP contribution in [0.1, 0.15) is 25.0 Å². The molecule has 6 heteroatoms. The molecule has 0 spiro atoms. The molecule has 0 bridgehead atoms. The van der Waals surface area contributed by atoms with Gasteiger partial charge in [0.15, 0.2) is 11.5 Å². The molecule has 4 rings (SSSR count). The number of nitrogens with one attached hydrogen (secondary N) is 1. The van der Waals surface area contributed by atoms with Crippen LogP contribution in [-0.2, 0) is 6.42 Å². The first-order chi connectivity index (χ1) is 13.2. The molecule has 1 N–H and O–H groups in total. The van der Waals surface area contributed by atoms with Gasteiger partial charge in [0.1, 0.15) is 11.6 Å². The van der Waals surface area contributed by atoms with E-state index in [9.17, 15) is 4.79 Å². The van der Waals surface area contributed by atoms with Gasteiger partial charge >= 0.3 is 0 Å². The summed E-state index contributed by atoms with van der Waals surface area (Å²) in [6, 6.07) is 13.1. The summed E-state index contributed by atoms with van der Waals surface area (Å²) in [7, 11) is 0. The SMILES string of the molecule is CCOc1ccccc1-c1nc2c(c(=O)[nH]1)Cc1cccc(OCC)c1O2. The van der Waals surface area contributed by atoms with E-state index in [0.717, 1.165) is 5.56 Å². The lowest BCUT2D eigenvalue weighted by molar-refractivity contribution is 0.315. The molecule has 0 atom stereocenters. The highest BCUT2D eigenvalue weighted by Gasteiger charge is 2.25. The number of nitrogens with zero attached hydrogens (tertiary/aromatic N) is 1. The van der Waals surface area contributed by atoms with Gasteiger partial charge in [-0.1, -0.05) is 24.3 Å². The van der Waals surface area contributed by atoms with E-state index in [1.165, 1.54) is 0 Å². The third-order valence-electron chi connectivity index (χ3n) is 4.35. The van der Waals surface area contributed by atoms with E-state index in [0.29, 0.717) is 59.7 Å². The van der Waals surface area contributed by atoms with Gasteiger partial charge in [0.2, 0.25) is 5.88 Å². The number of aromatic amines is 1. The Bertz CT molecular complexity index is 1040. The van der Waals surface area contributed by atoms with E-state index < -0.39 is 0 Å². The first kappa shape index (κ1) is 17.1. The molecule has 0 aliphatic carbocycles. The predicted octanol–water partition coefficient (Wildman–Crippen LogP) is 3.93. The van der Waals surface area contributed by atoms with Crippen molar-refractivity contribution in [3.63, 3.8) is 0 Å². The van der Waals surface area contributed by atoms with Crippen molar-refractivity contribution < 1.29 is 14.2 Å². The molecule has 0 amide bonds. The smallest absolute Gasteiger partial charge is 0.258 e. The molecule has 1 aliphatic heterocycles. The van der Waals surface area contributed by atoms with Gasteiger partial charge in [-0.25, -0.2) is 0 Å². The standard InChI is InChI=1S/C21H20N2O4/c1-3-25-16-10-6-5-9-14(16)19-22-20(24)15-12-13-8-7-11-17(26-4-2)18(13)27-21(15)23-19/h5-11H,3-4,12H2,1-2H3,(H,22,23,24). The lowest BCUT2D eigenvalue weighted by Gasteiger charge is -2.21. The van der Waals surface area contributed by atoms with Crippen LogP contribution >= 0.6 is 0 Å². The molecule has 2 heterocycles. The van der Waals surface area contributed by atoms with Crippen LogP contribution in [0, 0.1) is 0 Å². The fourth-order valence-corrected chi connectivity index (χ4v) is 3.16. The van der Waals surface area contributed by atoms with Crippen LogP contribution in [0.4, 0.5) is 0 Å². The van der Waals surface area contributed by atoms with E-state index in [-0.39, 0.29) is 5.56 Å². The van der Waals surface area contributed by atoms with Crippen molar-refractivity contribution in [1.82, 2.24) is 9.97 Å². The number of aromatic nitrogens is 2. The fraction of sp³-hybridized carbons (Fsp3) is 0.238. The Morgan fingerprint density at radius 2 is 1.78 bits per heavy atom. The van der Waals surface area contributed by atoms with Gasteiger partial charge in [-0.15, -0.1) is 0 Å². The Hall–Kier alpha value is -3.28. The zero-order valence-corrected chi connectivity index (χ0v) is 15.2. The maximum atomic E-state index is 12.7. The number of benzene rings is 2. The number of hydrogen-bond donors (Lipinski definition) is 1. The van der Waals surface area contributed by atoms with Crippen molar-refractivity contribution in [2.24, 2.45) is 0 Å². The van der Waals surface area contributed by atoms with E-state index in [1.54, 1.807) is 0 Å². The van der Waals surface area contributed by atoms with Gasteiger partial charge < -0.3 is 19.2 Å². The normalized spacial score (nSPS) is 11.9. The van der Waals surface area contributed by atoms with Crippen molar-refractivity contribution in [1.29, 1.82) is 0 Å². The number of H-pyrrole nitrogens is 1. The Kier molecular flexibility index (Phi) is 4.54. The van der Waals surface area contributed by atoms with E-state index >= 15 is 0 Å². The topological polar surface area (TPSA) is 73.4 Å². The molecule has 27 heavy (non-hydrogen) atoms. The summed E-state index contributed by atoms with van der Waals surface area (Å²) >= 11 is 0. The van der Waals surface area contributed by atoms with Crippen LogP contribution in [0.15, 0.2) is 47.3 Å². The van der Waals surface area contributed by atoms with Gasteiger partial charge in [-0.05, 0) is 32.0 Å². The summed E-state index contributed by atoms with van der Waals surface area (Å²) < 4.78 is 17.3. The minimum Gasteiger partial charge on any atom is -0.493 e. The van der Waals surface area contributed by atoms with E-state index in [4.69, 9.17) is 14.2 Å². The Morgan fingerprint density at radius 1 is 1.04 bits per heavy atom. The number of ether oxygens (including phenoxy) is 3. The lowest BCUT2D eigenvalue weighted by atomic mass is 10.0. The lowest BCUT2D eigenvalue weighted by Crippen LogP contribution is -2.20. The highest BCUT2D eigenvalue weighted by atomic mass is 16.5. The van der Waals surface area contributed by atoms with Crippen molar-refractivity contribution >= 4 is 0 Å².